The molecular weight excluding hydrogens is 1090 g/mol. The van der Waals surface area contributed by atoms with Crippen molar-refractivity contribution in [3.8, 4) is 47.4 Å². The topological polar surface area (TPSA) is 0 Å². The molecule has 6 aliphatic rings. The van der Waals surface area contributed by atoms with Crippen LogP contribution in [0.15, 0.2) is 82.6 Å². The van der Waals surface area contributed by atoms with Crippen LogP contribution in [0.5, 0.6) is 0 Å². The average Bonchev–Trinajstić information content (AvgIpc) is 4.20. The second kappa shape index (κ2) is 33.6. The van der Waals surface area contributed by atoms with E-state index in [9.17, 15) is 0 Å². The maximum absolute atomic E-state index is 3.20. The fraction of sp³-hybridized carbons (Fsp3) is 0.121. The van der Waals surface area contributed by atoms with Crippen LogP contribution in [0.4, 0.5) is 0 Å². The molecule has 4 aromatic rings. The average molecular weight is 1140 g/mol. The van der Waals surface area contributed by atoms with E-state index in [1.807, 2.05) is 126 Å². The fourth-order valence-electron chi connectivity index (χ4n) is 6.50. The SMILES string of the molecule is C(#Cc1ccc([C]2[CH][CH][CH][CH]2)s1)[C]1[CH][CH][CH][CH]1.C(#Cc1ccc([C]2[CH][CH][CH][CH]2)s1)[C]1[CH][CH][CH][CH]1.CC(C)(C)Sc1ccc(C#C[C]2[CH][CH][CH][CH]2)cc1.CC(C)(C)Sc1ccc(C#C[C]2[CH][CH][CH][CH]2)cc1.[Fe+2].[Fe+2].[Fe+2]. The fourth-order valence-corrected chi connectivity index (χ4v) is 10.2. The Labute approximate surface area is 494 Å². The van der Waals surface area contributed by atoms with E-state index in [-0.39, 0.29) is 60.7 Å². The Morgan fingerprint density at radius 1 is 0.301 bits per heavy atom. The van der Waals surface area contributed by atoms with Crippen LogP contribution < -0.4 is 0 Å². The van der Waals surface area contributed by atoms with Crippen LogP contribution in [0, 0.1) is 237 Å². The molecule has 0 unspecified atom stereocenters. The number of thiophene rings is 2. The van der Waals surface area contributed by atoms with Crippen LogP contribution in [-0.2, 0) is 51.2 Å². The molecule has 2 aromatic carbocycles. The number of hydrogen-bond acceptors (Lipinski definition) is 4. The summed E-state index contributed by atoms with van der Waals surface area (Å²) in [7, 11) is 0. The molecule has 6 fully saturated rings. The van der Waals surface area contributed by atoms with Gasteiger partial charge in [-0.05, 0) is 227 Å². The van der Waals surface area contributed by atoms with E-state index in [4.69, 9.17) is 0 Å². The van der Waals surface area contributed by atoms with E-state index in [1.54, 1.807) is 22.7 Å². The molecule has 0 nitrogen and oxygen atoms in total. The van der Waals surface area contributed by atoms with Gasteiger partial charge in [0.15, 0.2) is 0 Å². The minimum Gasteiger partial charge on any atom is -0.131 e. The van der Waals surface area contributed by atoms with Gasteiger partial charge in [-0.1, -0.05) is 88.9 Å². The first-order valence-electron chi connectivity index (χ1n) is 23.1. The molecule has 30 radical (unpaired) electrons. The Bertz CT molecular complexity index is 2250. The van der Waals surface area contributed by atoms with E-state index < -0.39 is 0 Å². The van der Waals surface area contributed by atoms with Gasteiger partial charge >= 0.3 is 51.2 Å². The second-order valence-corrected chi connectivity index (χ2v) is 23.8. The van der Waals surface area contributed by atoms with Crippen LogP contribution in [0.25, 0.3) is 0 Å². The minimum atomic E-state index is 0. The van der Waals surface area contributed by atoms with Gasteiger partial charge in [-0.25, -0.2) is 0 Å². The first-order chi connectivity index (χ1) is 33.9. The molecule has 2 heterocycles. The van der Waals surface area contributed by atoms with E-state index in [2.05, 4.69) is 213 Å². The van der Waals surface area contributed by atoms with Gasteiger partial charge < -0.3 is 0 Å². The van der Waals surface area contributed by atoms with Crippen LogP contribution >= 0.6 is 46.2 Å². The van der Waals surface area contributed by atoms with Crippen molar-refractivity contribution in [2.75, 3.05) is 0 Å². The molecule has 2 aromatic heterocycles. The Morgan fingerprint density at radius 2 is 0.562 bits per heavy atom. The molecule has 360 valence electrons. The first kappa shape index (κ1) is 63.9. The van der Waals surface area contributed by atoms with Crippen LogP contribution in [-0.4, -0.2) is 9.49 Å². The standard InChI is InChI=1S/2C17H17S.2C16H10S.3Fe/c2*1-17(2,3)18-16-12-10-15(11-13-16)9-8-14-6-4-5-7-14;2*1-2-6-13(5-1)9-10-15-11-12-16(17-15)14-7-3-4-8-14;;;/h2*4-7,10-13H,1-3H3;2*1-8,11-12H;;;/q;;;;3*+2. The zero-order valence-electron chi connectivity index (χ0n) is 41.5. The minimum absolute atomic E-state index is 0. The zero-order chi connectivity index (χ0) is 49.0. The third-order valence-electron chi connectivity index (χ3n) is 9.68. The molecule has 0 amide bonds. The molecular formula is C66H54Fe3S4+6. The number of hydrogen-bond donors (Lipinski definition) is 0. The van der Waals surface area contributed by atoms with Gasteiger partial charge in [0.05, 0.1) is 33.4 Å². The number of rotatable bonds is 4. The molecule has 6 saturated carbocycles. The summed E-state index contributed by atoms with van der Waals surface area (Å²) in [4.78, 5) is 7.37. The third-order valence-corrected chi connectivity index (χ3v) is 14.0. The summed E-state index contributed by atoms with van der Waals surface area (Å²) in [5.74, 6) is 32.2. The van der Waals surface area contributed by atoms with Gasteiger partial charge in [-0.15, -0.1) is 46.2 Å². The Morgan fingerprint density at radius 3 is 0.836 bits per heavy atom. The van der Waals surface area contributed by atoms with Crippen molar-refractivity contribution in [1.29, 1.82) is 0 Å². The molecule has 73 heavy (non-hydrogen) atoms. The molecule has 0 saturated heterocycles. The van der Waals surface area contributed by atoms with E-state index in [1.165, 1.54) is 31.4 Å². The maximum Gasteiger partial charge on any atom is 2.00 e. The first-order valence-corrected chi connectivity index (χ1v) is 26.3. The second-order valence-electron chi connectivity index (χ2n) is 17.8. The summed E-state index contributed by atoms with van der Waals surface area (Å²) in [6.07, 6.45) is 49.0. The van der Waals surface area contributed by atoms with E-state index in [0.29, 0.717) is 0 Å². The summed E-state index contributed by atoms with van der Waals surface area (Å²) < 4.78 is 0.505. The van der Waals surface area contributed by atoms with Crippen molar-refractivity contribution in [1.82, 2.24) is 0 Å². The summed E-state index contributed by atoms with van der Waals surface area (Å²) in [6.45, 7) is 13.3. The van der Waals surface area contributed by atoms with Crippen molar-refractivity contribution in [3.05, 3.63) is 293 Å². The normalized spacial score (nSPS) is 18.2. The van der Waals surface area contributed by atoms with Crippen LogP contribution in [0.1, 0.15) is 72.2 Å². The smallest absolute Gasteiger partial charge is 0.131 e. The zero-order valence-corrected chi connectivity index (χ0v) is 48.1. The molecule has 0 aliphatic heterocycles. The van der Waals surface area contributed by atoms with Gasteiger partial charge in [0.1, 0.15) is 0 Å². The Balaban J connectivity index is 0.000000208. The molecule has 0 N–H and O–H groups in total. The van der Waals surface area contributed by atoms with Crippen molar-refractivity contribution in [2.45, 2.75) is 60.8 Å². The van der Waals surface area contributed by atoms with Crippen LogP contribution in [0.3, 0.4) is 0 Å². The molecule has 0 atom stereocenters. The summed E-state index contributed by atoms with van der Waals surface area (Å²) in [5, 5.41) is 0. The summed E-state index contributed by atoms with van der Waals surface area (Å²) in [6, 6.07) is 25.4. The predicted molar refractivity (Wildman–Crippen MR) is 301 cm³/mol. The van der Waals surface area contributed by atoms with E-state index in [0.717, 1.165) is 44.6 Å². The molecule has 0 spiro atoms. The largest absolute Gasteiger partial charge is 2.00 e. The Hall–Kier alpha value is -1.66. The quantitative estimate of drug-likeness (QED) is 0.113. The van der Waals surface area contributed by atoms with E-state index >= 15 is 0 Å². The Kier molecular flexibility index (Phi) is 29.4. The van der Waals surface area contributed by atoms with Gasteiger partial charge in [0, 0.05) is 52.0 Å². The summed E-state index contributed by atoms with van der Waals surface area (Å²) in [5.41, 5.74) is 2.13. The number of benzene rings is 2. The van der Waals surface area contributed by atoms with Gasteiger partial charge in [-0.3, -0.25) is 0 Å². The predicted octanol–water partition coefficient (Wildman–Crippen LogP) is 15.2. The maximum atomic E-state index is 3.20. The third kappa shape index (κ3) is 24.3. The molecule has 10 rings (SSSR count). The molecule has 6 aliphatic carbocycles. The number of thioether (sulfide) groups is 2. The van der Waals surface area contributed by atoms with Crippen molar-refractivity contribution < 1.29 is 51.2 Å². The molecule has 7 heteroatoms. The van der Waals surface area contributed by atoms with Crippen molar-refractivity contribution >= 4 is 46.2 Å². The van der Waals surface area contributed by atoms with Gasteiger partial charge in [0.2, 0.25) is 0 Å². The van der Waals surface area contributed by atoms with Crippen LogP contribution in [0.2, 0.25) is 0 Å². The van der Waals surface area contributed by atoms with Gasteiger partial charge in [0.25, 0.3) is 0 Å². The molecule has 0 bridgehead atoms. The van der Waals surface area contributed by atoms with Gasteiger partial charge in [-0.2, -0.15) is 0 Å². The summed E-state index contributed by atoms with van der Waals surface area (Å²) >= 11 is 7.23. The van der Waals surface area contributed by atoms with Crippen molar-refractivity contribution in [2.24, 2.45) is 0 Å². The monoisotopic (exact) mass is 1140 g/mol. The van der Waals surface area contributed by atoms with Crippen molar-refractivity contribution in [3.63, 3.8) is 0 Å².